The Morgan fingerprint density at radius 3 is 2.07 bits per heavy atom. The molecule has 1 heterocycles. The first-order chi connectivity index (χ1) is 6.13. The average Bonchev–Trinajstić information content (AvgIpc) is 2.01. The molecule has 0 spiro atoms. The van der Waals surface area contributed by atoms with Gasteiger partial charge in [-0.1, -0.05) is 18.2 Å². The first kappa shape index (κ1) is 11.5. The summed E-state index contributed by atoms with van der Waals surface area (Å²) in [4.78, 5) is 0. The van der Waals surface area contributed by atoms with Crippen LogP contribution in [0.5, 0.6) is 0 Å². The lowest BCUT2D eigenvalue weighted by atomic mass is 9.80. The predicted molar refractivity (Wildman–Crippen MR) is 61.9 cm³/mol. The Morgan fingerprint density at radius 1 is 1.21 bits per heavy atom. The molecule has 0 bridgehead atoms. The minimum Gasteiger partial charge on any atom is -0.319 e. The summed E-state index contributed by atoms with van der Waals surface area (Å²) in [5.41, 5.74) is 10.1. The van der Waals surface area contributed by atoms with E-state index in [9.17, 15) is 0 Å². The van der Waals surface area contributed by atoms with Crippen molar-refractivity contribution in [2.24, 2.45) is 5.73 Å². The lowest BCUT2D eigenvalue weighted by Gasteiger charge is -2.41. The molecular weight excluding hydrogens is 196 g/mol. The van der Waals surface area contributed by atoms with E-state index in [0.29, 0.717) is 0 Å². The molecule has 2 nitrogen and oxygen atoms in total. The average molecular weight is 213 g/mol. The third-order valence-corrected chi connectivity index (χ3v) is 2.86. The topological polar surface area (TPSA) is 38.0 Å². The Bertz CT molecular complexity index is 312. The highest BCUT2D eigenvalue weighted by molar-refractivity contribution is 5.85. The van der Waals surface area contributed by atoms with Crippen molar-refractivity contribution in [2.75, 3.05) is 13.1 Å². The van der Waals surface area contributed by atoms with Crippen LogP contribution in [0.1, 0.15) is 16.7 Å². The molecule has 0 radical (unpaired) electrons. The summed E-state index contributed by atoms with van der Waals surface area (Å²) in [5.74, 6) is 0. The lowest BCUT2D eigenvalue weighted by molar-refractivity contribution is 0.284. The third kappa shape index (κ3) is 1.65. The molecule has 1 saturated heterocycles. The minimum absolute atomic E-state index is 0. The van der Waals surface area contributed by atoms with Crippen LogP contribution < -0.4 is 11.1 Å². The normalized spacial score (nSPS) is 18.2. The number of halogens is 1. The van der Waals surface area contributed by atoms with Crippen molar-refractivity contribution >= 4 is 12.4 Å². The molecule has 1 fully saturated rings. The van der Waals surface area contributed by atoms with Crippen LogP contribution in [0.3, 0.4) is 0 Å². The Morgan fingerprint density at radius 2 is 1.71 bits per heavy atom. The molecular formula is C11H17ClN2. The molecule has 1 aromatic rings. The van der Waals surface area contributed by atoms with Gasteiger partial charge in [-0.25, -0.2) is 0 Å². The van der Waals surface area contributed by atoms with Gasteiger partial charge < -0.3 is 11.1 Å². The first-order valence-electron chi connectivity index (χ1n) is 4.70. The molecule has 0 atom stereocenters. The summed E-state index contributed by atoms with van der Waals surface area (Å²) in [6.07, 6.45) is 0. The van der Waals surface area contributed by atoms with E-state index in [2.05, 4.69) is 37.4 Å². The summed E-state index contributed by atoms with van der Waals surface area (Å²) in [5, 5.41) is 3.23. The van der Waals surface area contributed by atoms with Crippen LogP contribution in [0.25, 0.3) is 0 Å². The number of hydrogen-bond donors (Lipinski definition) is 2. The van der Waals surface area contributed by atoms with Crippen LogP contribution in [-0.4, -0.2) is 13.1 Å². The molecule has 14 heavy (non-hydrogen) atoms. The third-order valence-electron chi connectivity index (χ3n) is 2.86. The van der Waals surface area contributed by atoms with Crippen molar-refractivity contribution in [1.82, 2.24) is 5.32 Å². The summed E-state index contributed by atoms with van der Waals surface area (Å²) in [7, 11) is 0. The van der Waals surface area contributed by atoms with E-state index in [1.165, 1.54) is 16.7 Å². The number of nitrogens with two attached hydrogens (primary N) is 1. The molecule has 0 saturated carbocycles. The Labute approximate surface area is 91.3 Å². The van der Waals surface area contributed by atoms with Crippen molar-refractivity contribution in [1.29, 1.82) is 0 Å². The molecule has 3 heteroatoms. The maximum absolute atomic E-state index is 6.26. The second-order valence-electron chi connectivity index (χ2n) is 4.03. The van der Waals surface area contributed by atoms with Crippen LogP contribution in [0.4, 0.5) is 0 Å². The molecule has 78 valence electrons. The molecule has 0 amide bonds. The predicted octanol–water partition coefficient (Wildman–Crippen LogP) is 1.48. The number of hydrogen-bond acceptors (Lipinski definition) is 2. The summed E-state index contributed by atoms with van der Waals surface area (Å²) in [6, 6.07) is 6.36. The molecule has 0 aromatic heterocycles. The molecule has 3 N–H and O–H groups in total. The van der Waals surface area contributed by atoms with Gasteiger partial charge in [0.25, 0.3) is 0 Å². The Kier molecular flexibility index (Phi) is 3.20. The smallest absolute Gasteiger partial charge is 0.0667 e. The maximum Gasteiger partial charge on any atom is 0.0667 e. The van der Waals surface area contributed by atoms with Gasteiger partial charge >= 0.3 is 0 Å². The maximum atomic E-state index is 6.26. The van der Waals surface area contributed by atoms with Gasteiger partial charge in [-0.3, -0.25) is 0 Å². The highest BCUT2D eigenvalue weighted by Crippen LogP contribution is 2.28. The molecule has 2 rings (SSSR count). The zero-order chi connectivity index (χ0) is 9.47. The van der Waals surface area contributed by atoms with Crippen molar-refractivity contribution in [3.63, 3.8) is 0 Å². The molecule has 1 aromatic carbocycles. The van der Waals surface area contributed by atoms with Crippen LogP contribution >= 0.6 is 12.4 Å². The minimum atomic E-state index is -0.116. The van der Waals surface area contributed by atoms with Crippen molar-refractivity contribution in [2.45, 2.75) is 19.4 Å². The standard InChI is InChI=1S/C11H16N2.ClH/c1-8-4-3-5-9(2)10(8)11(12)6-13-7-11;/h3-5,13H,6-7,12H2,1-2H3;1H. The zero-order valence-corrected chi connectivity index (χ0v) is 9.45. The number of aryl methyl sites for hydroxylation is 2. The highest BCUT2D eigenvalue weighted by Gasteiger charge is 2.36. The van der Waals surface area contributed by atoms with E-state index in [0.717, 1.165) is 13.1 Å². The summed E-state index contributed by atoms with van der Waals surface area (Å²) < 4.78 is 0. The second kappa shape index (κ2) is 3.89. The molecule has 1 aliphatic heterocycles. The summed E-state index contributed by atoms with van der Waals surface area (Å²) in [6.45, 7) is 6.07. The van der Waals surface area contributed by atoms with E-state index in [1.807, 2.05) is 0 Å². The molecule has 1 aliphatic rings. The van der Waals surface area contributed by atoms with Crippen LogP contribution in [0.2, 0.25) is 0 Å². The van der Waals surface area contributed by atoms with Gasteiger partial charge in [-0.15, -0.1) is 12.4 Å². The fourth-order valence-corrected chi connectivity index (χ4v) is 2.17. The van der Waals surface area contributed by atoms with Gasteiger partial charge in [0.05, 0.1) is 5.54 Å². The van der Waals surface area contributed by atoms with Crippen LogP contribution in [-0.2, 0) is 5.54 Å². The van der Waals surface area contributed by atoms with E-state index in [-0.39, 0.29) is 17.9 Å². The zero-order valence-electron chi connectivity index (χ0n) is 8.63. The van der Waals surface area contributed by atoms with Gasteiger partial charge in [-0.05, 0) is 30.5 Å². The largest absolute Gasteiger partial charge is 0.319 e. The van der Waals surface area contributed by atoms with E-state index >= 15 is 0 Å². The second-order valence-corrected chi connectivity index (χ2v) is 4.03. The van der Waals surface area contributed by atoms with E-state index in [1.54, 1.807) is 0 Å². The van der Waals surface area contributed by atoms with Gasteiger partial charge in [0.15, 0.2) is 0 Å². The van der Waals surface area contributed by atoms with Crippen molar-refractivity contribution in [3.05, 3.63) is 34.9 Å². The Balaban J connectivity index is 0.000000980. The van der Waals surface area contributed by atoms with Gasteiger partial charge in [0, 0.05) is 13.1 Å². The lowest BCUT2D eigenvalue weighted by Crippen LogP contribution is -2.63. The quantitative estimate of drug-likeness (QED) is 0.740. The molecule has 0 aliphatic carbocycles. The molecule has 0 unspecified atom stereocenters. The van der Waals surface area contributed by atoms with Gasteiger partial charge in [0.2, 0.25) is 0 Å². The number of rotatable bonds is 1. The Hall–Kier alpha value is -0.570. The SMILES string of the molecule is Cc1cccc(C)c1C1(N)CNC1.Cl. The van der Waals surface area contributed by atoms with E-state index < -0.39 is 0 Å². The highest BCUT2D eigenvalue weighted by atomic mass is 35.5. The fraction of sp³-hybridized carbons (Fsp3) is 0.455. The van der Waals surface area contributed by atoms with Crippen molar-refractivity contribution < 1.29 is 0 Å². The van der Waals surface area contributed by atoms with Crippen LogP contribution in [0.15, 0.2) is 18.2 Å². The fourth-order valence-electron chi connectivity index (χ4n) is 2.17. The first-order valence-corrected chi connectivity index (χ1v) is 4.70. The van der Waals surface area contributed by atoms with Gasteiger partial charge in [-0.2, -0.15) is 0 Å². The summed E-state index contributed by atoms with van der Waals surface area (Å²) >= 11 is 0. The monoisotopic (exact) mass is 212 g/mol. The number of benzene rings is 1. The van der Waals surface area contributed by atoms with Gasteiger partial charge in [0.1, 0.15) is 0 Å². The van der Waals surface area contributed by atoms with E-state index in [4.69, 9.17) is 5.73 Å². The van der Waals surface area contributed by atoms with Crippen LogP contribution in [0, 0.1) is 13.8 Å². The van der Waals surface area contributed by atoms with Crippen molar-refractivity contribution in [3.8, 4) is 0 Å². The number of nitrogens with one attached hydrogen (secondary N) is 1.